The minimum atomic E-state index is -1.44. The molecule has 0 bridgehead atoms. The minimum absolute atomic E-state index is 0.00700. The van der Waals surface area contributed by atoms with Crippen LogP contribution in [0.25, 0.3) is 0 Å². The van der Waals surface area contributed by atoms with Gasteiger partial charge < -0.3 is 9.21 Å². The van der Waals surface area contributed by atoms with Gasteiger partial charge in [-0.2, -0.15) is 0 Å². The molecule has 0 unspecified atom stereocenters. The van der Waals surface area contributed by atoms with E-state index in [1.165, 1.54) is 31.7 Å². The molecule has 1 saturated heterocycles. The van der Waals surface area contributed by atoms with Crippen LogP contribution < -0.4 is 4.65 Å². The molecule has 0 amide bonds. The molecule has 5 heteroatoms. The fourth-order valence-electron chi connectivity index (χ4n) is 4.10. The van der Waals surface area contributed by atoms with Crippen LogP contribution in [0.15, 0.2) is 0 Å². The summed E-state index contributed by atoms with van der Waals surface area (Å²) in [6.07, 6.45) is 2.80. The number of nitrogens with one attached hydrogen (secondary N) is 1. The highest BCUT2D eigenvalue weighted by atomic mass is 31.1. The second-order valence-corrected chi connectivity index (χ2v) is 23.5. The zero-order valence-electron chi connectivity index (χ0n) is 16.9. The first-order valence-corrected chi connectivity index (χ1v) is 16.7. The highest BCUT2D eigenvalue weighted by Crippen LogP contribution is 2.60. The van der Waals surface area contributed by atoms with Gasteiger partial charge in [-0.3, -0.25) is 0 Å². The fraction of sp³-hybridized carbons (Fsp3) is 1.00. The van der Waals surface area contributed by atoms with Crippen LogP contribution in [0.3, 0.4) is 0 Å². The van der Waals surface area contributed by atoms with Gasteiger partial charge in [0.25, 0.3) is 0 Å². The predicted molar refractivity (Wildman–Crippen MR) is 110 cm³/mol. The summed E-state index contributed by atoms with van der Waals surface area (Å²) in [5, 5.41) is 0.887. The van der Waals surface area contributed by atoms with Crippen LogP contribution in [0, 0.1) is 0 Å². The van der Waals surface area contributed by atoms with Crippen LogP contribution >= 0.6 is 7.92 Å². The number of hydrogen-bond acceptors (Lipinski definition) is 2. The standard InChI is InChI=1S/C17H41N2PSi2/c1-16(2,3)20(17(4,5)6)15-21(7,8)18-22(9,10)19-13-11-12-14-19/h18H,11-15H2,1-10H3. The second kappa shape index (κ2) is 6.95. The van der Waals surface area contributed by atoms with Crippen molar-refractivity contribution < 1.29 is 0 Å². The molecule has 1 N–H and O–H groups in total. The average Bonchev–Trinajstić information content (AvgIpc) is 2.75. The molecule has 0 atom stereocenters. The van der Waals surface area contributed by atoms with Crippen molar-refractivity contribution >= 4 is 24.6 Å². The number of hydrogen-bond donors (Lipinski definition) is 1. The van der Waals surface area contributed by atoms with E-state index in [9.17, 15) is 0 Å². The van der Waals surface area contributed by atoms with Crippen molar-refractivity contribution in [1.29, 1.82) is 0 Å². The van der Waals surface area contributed by atoms with Crippen LogP contribution in [-0.4, -0.2) is 50.4 Å². The highest BCUT2D eigenvalue weighted by Gasteiger charge is 2.42. The summed E-state index contributed by atoms with van der Waals surface area (Å²) in [6, 6.07) is 0. The largest absolute Gasteiger partial charge is 0.347 e. The van der Waals surface area contributed by atoms with Crippen molar-refractivity contribution in [1.82, 2.24) is 9.21 Å². The van der Waals surface area contributed by atoms with Crippen molar-refractivity contribution in [2.75, 3.05) is 18.9 Å². The molecule has 1 aliphatic heterocycles. The lowest BCUT2D eigenvalue weighted by Crippen LogP contribution is -2.68. The zero-order valence-corrected chi connectivity index (χ0v) is 19.8. The molecular weight excluding hydrogens is 319 g/mol. The third-order valence-electron chi connectivity index (χ3n) is 4.71. The lowest BCUT2D eigenvalue weighted by molar-refractivity contribution is 0.514. The van der Waals surface area contributed by atoms with Crippen molar-refractivity contribution in [3.63, 3.8) is 0 Å². The van der Waals surface area contributed by atoms with E-state index in [0.717, 1.165) is 0 Å². The lowest BCUT2D eigenvalue weighted by atomic mass is 10.2. The Hall–Kier alpha value is 0.784. The summed E-state index contributed by atoms with van der Waals surface area (Å²) < 4.78 is 7.06. The van der Waals surface area contributed by atoms with Gasteiger partial charge in [-0.25, -0.2) is 0 Å². The van der Waals surface area contributed by atoms with Gasteiger partial charge in [-0.15, -0.1) is 0 Å². The first-order chi connectivity index (χ1) is 9.65. The van der Waals surface area contributed by atoms with Gasteiger partial charge >= 0.3 is 0 Å². The third-order valence-corrected chi connectivity index (χ3v) is 19.6. The highest BCUT2D eigenvalue weighted by molar-refractivity contribution is 7.63. The van der Waals surface area contributed by atoms with E-state index in [-0.39, 0.29) is 7.92 Å². The van der Waals surface area contributed by atoms with Crippen molar-refractivity contribution in [3.05, 3.63) is 0 Å². The summed E-state index contributed by atoms with van der Waals surface area (Å²) in [7, 11) is -2.82. The van der Waals surface area contributed by atoms with Crippen LogP contribution in [0.5, 0.6) is 0 Å². The molecule has 0 aromatic carbocycles. The molecular formula is C17H41N2PSi2. The number of rotatable bonds is 5. The van der Waals surface area contributed by atoms with E-state index >= 15 is 0 Å². The van der Waals surface area contributed by atoms with E-state index in [4.69, 9.17) is 0 Å². The van der Waals surface area contributed by atoms with E-state index in [0.29, 0.717) is 10.3 Å². The quantitative estimate of drug-likeness (QED) is 0.535. The van der Waals surface area contributed by atoms with E-state index in [1.807, 2.05) is 0 Å². The average molecular weight is 361 g/mol. The Morgan fingerprint density at radius 1 is 0.864 bits per heavy atom. The molecule has 1 heterocycles. The topological polar surface area (TPSA) is 15.3 Å². The molecule has 1 rings (SSSR count). The Morgan fingerprint density at radius 2 is 1.27 bits per heavy atom. The molecule has 0 spiro atoms. The van der Waals surface area contributed by atoms with Gasteiger partial charge in [-0.1, -0.05) is 62.6 Å². The SMILES string of the molecule is CC(C)(C)P(C[Si](C)(C)N[Si](C)(C)N1CCCC1)C(C)(C)C. The Bertz CT molecular complexity index is 350. The van der Waals surface area contributed by atoms with E-state index in [1.54, 1.807) is 0 Å². The molecule has 2 nitrogen and oxygen atoms in total. The van der Waals surface area contributed by atoms with Crippen LogP contribution in [-0.2, 0) is 0 Å². The third kappa shape index (κ3) is 6.01. The van der Waals surface area contributed by atoms with Crippen LogP contribution in [0.1, 0.15) is 54.4 Å². The molecule has 1 fully saturated rings. The molecule has 0 saturated carbocycles. The molecule has 0 aromatic rings. The molecule has 1 aliphatic rings. The van der Waals surface area contributed by atoms with Gasteiger partial charge in [0.2, 0.25) is 0 Å². The van der Waals surface area contributed by atoms with Gasteiger partial charge in [0.05, 0.1) is 0 Å². The minimum Gasteiger partial charge on any atom is -0.347 e. The van der Waals surface area contributed by atoms with Gasteiger partial charge in [0.15, 0.2) is 8.40 Å². The molecule has 22 heavy (non-hydrogen) atoms. The fourth-order valence-corrected chi connectivity index (χ4v) is 22.8. The molecule has 0 aromatic heterocycles. The molecule has 0 aliphatic carbocycles. The first-order valence-electron chi connectivity index (χ1n) is 8.97. The smallest absolute Gasteiger partial charge is 0.191 e. The lowest BCUT2D eigenvalue weighted by Gasteiger charge is -2.47. The predicted octanol–water partition coefficient (Wildman–Crippen LogP) is 5.20. The Kier molecular flexibility index (Phi) is 6.58. The van der Waals surface area contributed by atoms with Crippen LogP contribution in [0.2, 0.25) is 26.2 Å². The maximum absolute atomic E-state index is 4.27. The molecule has 0 radical (unpaired) electrons. The van der Waals surface area contributed by atoms with Crippen molar-refractivity contribution in [2.45, 2.75) is 90.9 Å². The van der Waals surface area contributed by atoms with Crippen LogP contribution in [0.4, 0.5) is 0 Å². The molecule has 132 valence electrons. The van der Waals surface area contributed by atoms with E-state index in [2.05, 4.69) is 76.9 Å². The number of nitrogens with zero attached hydrogens (tertiary/aromatic N) is 1. The summed E-state index contributed by atoms with van der Waals surface area (Å²) in [6.45, 7) is 27.6. The summed E-state index contributed by atoms with van der Waals surface area (Å²) in [4.78, 5) is 0. The monoisotopic (exact) mass is 360 g/mol. The second-order valence-electron chi connectivity index (χ2n) is 10.2. The zero-order chi connectivity index (χ0) is 17.4. The van der Waals surface area contributed by atoms with Crippen molar-refractivity contribution in [3.8, 4) is 0 Å². The summed E-state index contributed by atoms with van der Waals surface area (Å²) >= 11 is 0. The van der Waals surface area contributed by atoms with Gasteiger partial charge in [0.1, 0.15) is 8.24 Å². The Balaban J connectivity index is 2.84. The summed E-state index contributed by atoms with van der Waals surface area (Å²) in [5.41, 5.74) is 0. The Morgan fingerprint density at radius 3 is 1.64 bits per heavy atom. The van der Waals surface area contributed by atoms with Crippen molar-refractivity contribution in [2.24, 2.45) is 0 Å². The summed E-state index contributed by atoms with van der Waals surface area (Å²) in [5.74, 6) is 1.44. The maximum atomic E-state index is 4.27. The van der Waals surface area contributed by atoms with E-state index < -0.39 is 16.6 Å². The first kappa shape index (κ1) is 20.8. The van der Waals surface area contributed by atoms with Gasteiger partial charge in [0, 0.05) is 0 Å². The Labute approximate surface area is 143 Å². The van der Waals surface area contributed by atoms with Gasteiger partial charge in [-0.05, 0) is 55.1 Å². The maximum Gasteiger partial charge on any atom is 0.191 e. The normalized spacial score (nSPS) is 19.2.